The monoisotopic (exact) mass is 670 g/mol. The number of anilines is 1. The molecule has 4 rings (SSSR count). The summed E-state index contributed by atoms with van der Waals surface area (Å²) in [5.74, 6) is -0.761. The summed E-state index contributed by atoms with van der Waals surface area (Å²) in [7, 11) is 0. The van der Waals surface area contributed by atoms with Crippen molar-refractivity contribution in [2.45, 2.75) is 26.4 Å². The molecule has 1 aliphatic rings. The molecule has 0 unspecified atom stereocenters. The maximum Gasteiger partial charge on any atom is 0.335 e. The van der Waals surface area contributed by atoms with Crippen LogP contribution in [-0.2, 0) is 29.0 Å². The molecule has 0 radical (unpaired) electrons. The molecule has 1 fully saturated rings. The van der Waals surface area contributed by atoms with Crippen molar-refractivity contribution < 1.29 is 19.1 Å². The van der Waals surface area contributed by atoms with E-state index < -0.39 is 17.8 Å². The molecule has 3 aromatic rings. The second-order valence-corrected chi connectivity index (χ2v) is 10.5. The smallest absolute Gasteiger partial charge is 0.335 e. The molecule has 0 bridgehead atoms. The van der Waals surface area contributed by atoms with Gasteiger partial charge in [0.15, 0.2) is 0 Å². The van der Waals surface area contributed by atoms with Crippen molar-refractivity contribution in [2.24, 2.45) is 0 Å². The Morgan fingerprint density at radius 1 is 1.03 bits per heavy atom. The van der Waals surface area contributed by atoms with Gasteiger partial charge in [-0.05, 0) is 116 Å². The zero-order valence-corrected chi connectivity index (χ0v) is 23.8. The number of imide groups is 2. The predicted molar refractivity (Wildman–Crippen MR) is 156 cm³/mol. The number of carbonyl (C=O) groups is 3. The minimum Gasteiger partial charge on any atom is -0.487 e. The first-order valence-corrected chi connectivity index (χ1v) is 13.5. The summed E-state index contributed by atoms with van der Waals surface area (Å²) in [6, 6.07) is 18.0. The summed E-state index contributed by atoms with van der Waals surface area (Å²) in [4.78, 5) is 39.4. The minimum absolute atomic E-state index is 0.136. The molecule has 6 nitrogen and oxygen atoms in total. The minimum atomic E-state index is -0.774. The number of allylic oxidation sites excluding steroid dienone is 1. The van der Waals surface area contributed by atoms with Crippen LogP contribution in [0.1, 0.15) is 29.2 Å². The highest BCUT2D eigenvalue weighted by atomic mass is 127. The number of aryl methyl sites for hydroxylation is 1. The van der Waals surface area contributed by atoms with Gasteiger partial charge in [-0.25, -0.2) is 9.69 Å². The van der Waals surface area contributed by atoms with Gasteiger partial charge in [0.25, 0.3) is 11.8 Å². The van der Waals surface area contributed by atoms with Crippen LogP contribution in [-0.4, -0.2) is 17.8 Å². The molecular weight excluding hydrogens is 647 g/mol. The number of carbonyl (C=O) groups excluding carboxylic acids is 3. The van der Waals surface area contributed by atoms with Gasteiger partial charge in [-0.3, -0.25) is 14.9 Å². The summed E-state index contributed by atoms with van der Waals surface area (Å²) in [6.07, 6.45) is 4.59. The number of hydrogen-bond acceptors (Lipinski definition) is 4. The Kier molecular flexibility index (Phi) is 8.60. The number of nitrogens with zero attached hydrogens (tertiary/aromatic N) is 1. The Morgan fingerprint density at radius 3 is 2.35 bits per heavy atom. The van der Waals surface area contributed by atoms with E-state index >= 15 is 0 Å². The number of rotatable bonds is 8. The van der Waals surface area contributed by atoms with Crippen LogP contribution < -0.4 is 15.0 Å². The van der Waals surface area contributed by atoms with E-state index in [-0.39, 0.29) is 5.57 Å². The average Bonchev–Trinajstić information content (AvgIpc) is 2.87. The SMILES string of the molecule is C=CCc1cc(/C=C2/C(=O)NC(=O)N(c3ccc(CC)cc3)C2=O)cc(Br)c1OCc1ccc(I)cc1. The number of halogens is 2. The number of benzene rings is 3. The van der Waals surface area contributed by atoms with Crippen LogP contribution in [0.2, 0.25) is 0 Å². The van der Waals surface area contributed by atoms with E-state index in [1.165, 1.54) is 6.08 Å². The van der Waals surface area contributed by atoms with Crippen molar-refractivity contribution in [3.8, 4) is 5.75 Å². The molecule has 0 saturated carbocycles. The number of nitrogens with one attached hydrogen (secondary N) is 1. The summed E-state index contributed by atoms with van der Waals surface area (Å²) in [5, 5.41) is 2.27. The van der Waals surface area contributed by atoms with Gasteiger partial charge in [0.05, 0.1) is 10.2 Å². The Bertz CT molecular complexity index is 1400. The summed E-state index contributed by atoms with van der Waals surface area (Å²) < 4.78 is 7.95. The van der Waals surface area contributed by atoms with Gasteiger partial charge in [-0.1, -0.05) is 37.3 Å². The molecule has 1 heterocycles. The number of urea groups is 1. The van der Waals surface area contributed by atoms with Crippen LogP contribution in [0, 0.1) is 3.57 Å². The molecule has 3 aromatic carbocycles. The lowest BCUT2D eigenvalue weighted by Crippen LogP contribution is -2.54. The van der Waals surface area contributed by atoms with Crippen molar-refractivity contribution in [3.05, 3.63) is 109 Å². The summed E-state index contributed by atoms with van der Waals surface area (Å²) >= 11 is 5.84. The molecule has 0 aliphatic carbocycles. The van der Waals surface area contributed by atoms with E-state index in [1.807, 2.05) is 49.4 Å². The van der Waals surface area contributed by atoms with Gasteiger partial charge in [0.2, 0.25) is 0 Å². The maximum atomic E-state index is 13.3. The van der Waals surface area contributed by atoms with Crippen molar-refractivity contribution in [2.75, 3.05) is 4.90 Å². The Labute approximate surface area is 237 Å². The van der Waals surface area contributed by atoms with Crippen LogP contribution in [0.25, 0.3) is 6.08 Å². The molecule has 1 saturated heterocycles. The van der Waals surface area contributed by atoms with Crippen LogP contribution in [0.4, 0.5) is 10.5 Å². The maximum absolute atomic E-state index is 13.3. The topological polar surface area (TPSA) is 75.7 Å². The Morgan fingerprint density at radius 2 is 1.70 bits per heavy atom. The fourth-order valence-corrected chi connectivity index (χ4v) is 4.89. The zero-order valence-electron chi connectivity index (χ0n) is 20.1. The predicted octanol–water partition coefficient (Wildman–Crippen LogP) is 6.59. The van der Waals surface area contributed by atoms with E-state index in [0.717, 1.165) is 31.6 Å². The Hall–Kier alpha value is -3.24. The standard InChI is InChI=1S/C29H24BrIN2O4/c1-3-5-21-14-20(16-25(30)26(21)37-17-19-6-10-22(31)11-7-19)15-24-27(34)32-29(36)33(28(24)35)23-12-8-18(4-2)9-13-23/h3,6-16H,1,4-5,17H2,2H3,(H,32,34,36)/b24-15-. The lowest BCUT2D eigenvalue weighted by molar-refractivity contribution is -0.122. The molecule has 8 heteroatoms. The third-order valence-electron chi connectivity index (χ3n) is 5.82. The van der Waals surface area contributed by atoms with Gasteiger partial charge < -0.3 is 4.74 Å². The first-order chi connectivity index (χ1) is 17.8. The zero-order chi connectivity index (χ0) is 26.5. The first-order valence-electron chi connectivity index (χ1n) is 11.6. The van der Waals surface area contributed by atoms with Crippen molar-refractivity contribution in [1.29, 1.82) is 0 Å². The number of barbiturate groups is 1. The molecule has 0 aromatic heterocycles. The fourth-order valence-electron chi connectivity index (χ4n) is 3.90. The normalized spacial score (nSPS) is 14.6. The quantitative estimate of drug-likeness (QED) is 0.127. The number of amides is 4. The third kappa shape index (κ3) is 6.19. The highest BCUT2D eigenvalue weighted by Gasteiger charge is 2.36. The second-order valence-electron chi connectivity index (χ2n) is 8.38. The van der Waals surface area contributed by atoms with E-state index in [2.05, 4.69) is 50.4 Å². The molecule has 188 valence electrons. The lowest BCUT2D eigenvalue weighted by atomic mass is 10.0. The van der Waals surface area contributed by atoms with Crippen LogP contribution >= 0.6 is 38.5 Å². The second kappa shape index (κ2) is 11.9. The number of ether oxygens (including phenoxy) is 1. The van der Waals surface area contributed by atoms with E-state index in [1.54, 1.807) is 24.3 Å². The number of hydrogen-bond donors (Lipinski definition) is 1. The van der Waals surface area contributed by atoms with Gasteiger partial charge >= 0.3 is 6.03 Å². The molecule has 1 N–H and O–H groups in total. The van der Waals surface area contributed by atoms with Gasteiger partial charge in [-0.15, -0.1) is 6.58 Å². The summed E-state index contributed by atoms with van der Waals surface area (Å²) in [5.41, 5.74) is 3.82. The Balaban J connectivity index is 1.64. The fraction of sp³-hybridized carbons (Fsp3) is 0.138. The van der Waals surface area contributed by atoms with Crippen molar-refractivity contribution in [3.63, 3.8) is 0 Å². The average molecular weight is 671 g/mol. The highest BCUT2D eigenvalue weighted by molar-refractivity contribution is 14.1. The van der Waals surface area contributed by atoms with Crippen LogP contribution in [0.5, 0.6) is 5.75 Å². The van der Waals surface area contributed by atoms with E-state index in [4.69, 9.17) is 4.74 Å². The largest absolute Gasteiger partial charge is 0.487 e. The van der Waals surface area contributed by atoms with Gasteiger partial charge in [-0.2, -0.15) is 0 Å². The van der Waals surface area contributed by atoms with E-state index in [0.29, 0.717) is 34.5 Å². The molecule has 37 heavy (non-hydrogen) atoms. The third-order valence-corrected chi connectivity index (χ3v) is 7.13. The van der Waals surface area contributed by atoms with Crippen LogP contribution in [0.15, 0.2) is 83.4 Å². The van der Waals surface area contributed by atoms with Crippen molar-refractivity contribution in [1.82, 2.24) is 5.32 Å². The van der Waals surface area contributed by atoms with Gasteiger partial charge in [0, 0.05) is 3.57 Å². The van der Waals surface area contributed by atoms with Crippen molar-refractivity contribution >= 4 is 68.1 Å². The van der Waals surface area contributed by atoms with Gasteiger partial charge in [0.1, 0.15) is 17.9 Å². The van der Waals surface area contributed by atoms with E-state index in [9.17, 15) is 14.4 Å². The highest BCUT2D eigenvalue weighted by Crippen LogP contribution is 2.33. The molecule has 0 atom stereocenters. The first kappa shape index (κ1) is 26.8. The molecule has 0 spiro atoms. The van der Waals surface area contributed by atoms with Crippen LogP contribution in [0.3, 0.4) is 0 Å². The molecule has 4 amide bonds. The molecule has 1 aliphatic heterocycles. The lowest BCUT2D eigenvalue weighted by Gasteiger charge is -2.26. The summed E-state index contributed by atoms with van der Waals surface area (Å²) in [6.45, 7) is 6.24. The molecular formula is C29H24BrIN2O4.